The highest BCUT2D eigenvalue weighted by molar-refractivity contribution is 8.22. The second kappa shape index (κ2) is 3.69. The van der Waals surface area contributed by atoms with Gasteiger partial charge in [-0.1, -0.05) is 19.1 Å². The van der Waals surface area contributed by atoms with Crippen LogP contribution in [0, 0.1) is 5.92 Å². The minimum absolute atomic E-state index is 0.0810. The molecule has 0 aromatic heterocycles. The Balaban J connectivity index is 4.08. The Kier molecular flexibility index (Phi) is 3.84. The van der Waals surface area contributed by atoms with Crippen molar-refractivity contribution < 1.29 is 5.11 Å². The van der Waals surface area contributed by atoms with E-state index in [9.17, 15) is 5.11 Å². The van der Waals surface area contributed by atoms with Gasteiger partial charge < -0.3 is 5.11 Å². The number of aliphatic hydroxyl groups is 1. The van der Waals surface area contributed by atoms with E-state index in [4.69, 9.17) is 12.2 Å². The number of rotatable bonds is 2. The van der Waals surface area contributed by atoms with Gasteiger partial charge in [-0.3, -0.25) is 0 Å². The molecule has 1 N–H and O–H groups in total. The highest BCUT2D eigenvalue weighted by Gasteiger charge is 2.25. The smallest absolute Gasteiger partial charge is 0.0670 e. The summed E-state index contributed by atoms with van der Waals surface area (Å²) in [5.74, 6) is 0.0810. The molecule has 0 aliphatic heterocycles. The van der Waals surface area contributed by atoms with Crippen LogP contribution in [0.2, 0.25) is 0 Å². The molecule has 60 valence electrons. The van der Waals surface area contributed by atoms with Crippen LogP contribution in [-0.2, 0) is 0 Å². The second-order valence-corrected chi connectivity index (χ2v) is 4.44. The molecule has 0 heterocycles. The third-order valence-electron chi connectivity index (χ3n) is 1.61. The largest absolute Gasteiger partial charge is 0.390 e. The van der Waals surface area contributed by atoms with Crippen LogP contribution in [0.5, 0.6) is 0 Å². The number of hydrogen-bond donors (Lipinski definition) is 1. The van der Waals surface area contributed by atoms with Crippen LogP contribution in [0.4, 0.5) is 0 Å². The van der Waals surface area contributed by atoms with Crippen molar-refractivity contribution in [2.45, 2.75) is 26.4 Å². The van der Waals surface area contributed by atoms with Crippen LogP contribution in [0.25, 0.3) is 0 Å². The second-order valence-electron chi connectivity index (χ2n) is 2.90. The molecule has 0 amide bonds. The summed E-state index contributed by atoms with van der Waals surface area (Å²) in [7, 11) is 0. The van der Waals surface area contributed by atoms with E-state index in [2.05, 4.69) is 0 Å². The number of thioether (sulfide) groups is 1. The average Bonchev–Trinajstić information content (AvgIpc) is 1.83. The van der Waals surface area contributed by atoms with Crippen molar-refractivity contribution in [2.75, 3.05) is 6.26 Å². The van der Waals surface area contributed by atoms with Gasteiger partial charge >= 0.3 is 0 Å². The van der Waals surface area contributed by atoms with Crippen molar-refractivity contribution in [1.82, 2.24) is 0 Å². The van der Waals surface area contributed by atoms with Crippen LogP contribution in [0.1, 0.15) is 20.8 Å². The van der Waals surface area contributed by atoms with Crippen molar-refractivity contribution in [3.8, 4) is 0 Å². The molecule has 0 aliphatic carbocycles. The molecule has 0 saturated carbocycles. The Morgan fingerprint density at radius 1 is 1.60 bits per heavy atom. The van der Waals surface area contributed by atoms with Crippen molar-refractivity contribution >= 4 is 28.2 Å². The summed E-state index contributed by atoms with van der Waals surface area (Å²) in [6, 6.07) is 0. The van der Waals surface area contributed by atoms with Gasteiger partial charge in [0.05, 0.1) is 9.80 Å². The van der Waals surface area contributed by atoms with E-state index in [1.807, 2.05) is 13.2 Å². The predicted octanol–water partition coefficient (Wildman–Crippen LogP) is 2.08. The SMILES string of the molecule is CSC(=S)[C@H](C)C(C)(C)O. The summed E-state index contributed by atoms with van der Waals surface area (Å²) in [6.45, 7) is 5.50. The van der Waals surface area contributed by atoms with Gasteiger partial charge in [0.25, 0.3) is 0 Å². The highest BCUT2D eigenvalue weighted by atomic mass is 32.2. The van der Waals surface area contributed by atoms with Crippen LogP contribution >= 0.6 is 24.0 Å². The summed E-state index contributed by atoms with van der Waals surface area (Å²) in [4.78, 5) is 0. The van der Waals surface area contributed by atoms with Crippen LogP contribution in [0.3, 0.4) is 0 Å². The van der Waals surface area contributed by atoms with Gasteiger partial charge in [-0.2, -0.15) is 0 Å². The molecule has 10 heavy (non-hydrogen) atoms. The fourth-order valence-corrected chi connectivity index (χ4v) is 1.40. The molecule has 0 radical (unpaired) electrons. The first kappa shape index (κ1) is 10.4. The average molecular weight is 178 g/mol. The summed E-state index contributed by atoms with van der Waals surface area (Å²) in [6.07, 6.45) is 1.94. The van der Waals surface area contributed by atoms with E-state index in [-0.39, 0.29) is 5.92 Å². The minimum Gasteiger partial charge on any atom is -0.390 e. The summed E-state index contributed by atoms with van der Waals surface area (Å²) in [5, 5.41) is 9.49. The van der Waals surface area contributed by atoms with E-state index in [1.54, 1.807) is 13.8 Å². The van der Waals surface area contributed by atoms with Gasteiger partial charge in [-0.05, 0) is 20.1 Å². The molecule has 0 fully saturated rings. The van der Waals surface area contributed by atoms with Crippen molar-refractivity contribution in [2.24, 2.45) is 5.92 Å². The lowest BCUT2D eigenvalue weighted by atomic mass is 9.95. The molecule has 0 aliphatic rings. The fourth-order valence-electron chi connectivity index (χ4n) is 0.465. The lowest BCUT2D eigenvalue weighted by molar-refractivity contribution is 0.0532. The molecular weight excluding hydrogens is 164 g/mol. The van der Waals surface area contributed by atoms with Crippen molar-refractivity contribution in [3.63, 3.8) is 0 Å². The predicted molar refractivity (Wildman–Crippen MR) is 51.6 cm³/mol. The van der Waals surface area contributed by atoms with Gasteiger partial charge in [-0.15, -0.1) is 11.8 Å². The standard InChI is InChI=1S/C7H14OS2/c1-5(6(9)10-4)7(2,3)8/h5,8H,1-4H3/t5-/m0/s1. The van der Waals surface area contributed by atoms with Crippen LogP contribution in [-0.4, -0.2) is 21.2 Å². The van der Waals surface area contributed by atoms with E-state index in [0.717, 1.165) is 4.20 Å². The van der Waals surface area contributed by atoms with Gasteiger partial charge in [0.1, 0.15) is 0 Å². The first-order chi connectivity index (χ1) is 4.39. The van der Waals surface area contributed by atoms with E-state index >= 15 is 0 Å². The lowest BCUT2D eigenvalue weighted by Gasteiger charge is -2.25. The van der Waals surface area contributed by atoms with Crippen LogP contribution in [0.15, 0.2) is 0 Å². The molecule has 0 aromatic rings. The molecule has 0 rings (SSSR count). The molecular formula is C7H14OS2. The van der Waals surface area contributed by atoms with Gasteiger partial charge in [-0.25, -0.2) is 0 Å². The highest BCUT2D eigenvalue weighted by Crippen LogP contribution is 2.22. The van der Waals surface area contributed by atoms with Gasteiger partial charge in [0.2, 0.25) is 0 Å². The lowest BCUT2D eigenvalue weighted by Crippen LogP contribution is -2.32. The third kappa shape index (κ3) is 2.99. The van der Waals surface area contributed by atoms with Crippen molar-refractivity contribution in [1.29, 1.82) is 0 Å². The quantitative estimate of drug-likeness (QED) is 0.654. The molecule has 0 aromatic carbocycles. The van der Waals surface area contributed by atoms with Gasteiger partial charge in [0.15, 0.2) is 0 Å². The number of thiocarbonyl (C=S) groups is 1. The maximum absolute atomic E-state index is 9.49. The molecule has 0 spiro atoms. The van der Waals surface area contributed by atoms with Gasteiger partial charge in [0, 0.05) is 5.92 Å². The molecule has 0 saturated heterocycles. The Morgan fingerprint density at radius 3 is 2.10 bits per heavy atom. The molecule has 1 nitrogen and oxygen atoms in total. The molecule has 0 unspecified atom stereocenters. The van der Waals surface area contributed by atoms with Crippen molar-refractivity contribution in [3.05, 3.63) is 0 Å². The Hall–Kier alpha value is 0.400. The minimum atomic E-state index is -0.680. The van der Waals surface area contributed by atoms with E-state index < -0.39 is 5.60 Å². The zero-order valence-electron chi connectivity index (χ0n) is 6.84. The molecule has 0 bridgehead atoms. The Labute approximate surface area is 72.2 Å². The third-order valence-corrected chi connectivity index (χ3v) is 3.22. The fraction of sp³-hybridized carbons (Fsp3) is 0.857. The normalized spacial score (nSPS) is 14.9. The summed E-state index contributed by atoms with van der Waals surface area (Å²) >= 11 is 6.56. The summed E-state index contributed by atoms with van der Waals surface area (Å²) in [5.41, 5.74) is -0.680. The first-order valence-electron chi connectivity index (χ1n) is 3.19. The molecule has 1 atom stereocenters. The zero-order chi connectivity index (χ0) is 8.36. The van der Waals surface area contributed by atoms with E-state index in [0.29, 0.717) is 0 Å². The molecule has 3 heteroatoms. The first-order valence-corrected chi connectivity index (χ1v) is 4.83. The Morgan fingerprint density at radius 2 is 2.00 bits per heavy atom. The topological polar surface area (TPSA) is 20.2 Å². The zero-order valence-corrected chi connectivity index (χ0v) is 8.47. The van der Waals surface area contributed by atoms with Crippen LogP contribution < -0.4 is 0 Å². The number of hydrogen-bond acceptors (Lipinski definition) is 3. The maximum Gasteiger partial charge on any atom is 0.0670 e. The maximum atomic E-state index is 9.49. The monoisotopic (exact) mass is 178 g/mol. The van der Waals surface area contributed by atoms with E-state index in [1.165, 1.54) is 11.8 Å². The summed E-state index contributed by atoms with van der Waals surface area (Å²) < 4.78 is 0.868. The Bertz CT molecular complexity index is 126.